The summed E-state index contributed by atoms with van der Waals surface area (Å²) >= 11 is 0. The van der Waals surface area contributed by atoms with Crippen molar-refractivity contribution < 1.29 is 9.00 Å². The Morgan fingerprint density at radius 2 is 2.08 bits per heavy atom. The van der Waals surface area contributed by atoms with Crippen LogP contribution in [0.4, 0.5) is 0 Å². The topological polar surface area (TPSA) is 58.2 Å². The molecule has 13 heavy (non-hydrogen) atoms. The number of hydrogen-bond acceptors (Lipinski definition) is 3. The lowest BCUT2D eigenvalue weighted by Gasteiger charge is -2.03. The summed E-state index contributed by atoms with van der Waals surface area (Å²) in [7, 11) is -0.820. The molecule has 2 N–H and O–H groups in total. The largest absolute Gasteiger partial charge is 0.355 e. The van der Waals surface area contributed by atoms with Gasteiger partial charge in [-0.15, -0.1) is 0 Å². The molecule has 0 aromatic heterocycles. The van der Waals surface area contributed by atoms with Crippen LogP contribution in [0, 0.1) is 0 Å². The summed E-state index contributed by atoms with van der Waals surface area (Å²) in [5, 5.41) is 5.76. The molecular weight excluding hydrogens is 188 g/mol. The Balaban J connectivity index is 3.25. The van der Waals surface area contributed by atoms with Gasteiger partial charge in [-0.25, -0.2) is 0 Å². The number of carbonyl (C=O) groups is 1. The second-order valence-electron chi connectivity index (χ2n) is 2.73. The zero-order chi connectivity index (χ0) is 10.1. The van der Waals surface area contributed by atoms with Crippen LogP contribution in [0.2, 0.25) is 0 Å². The van der Waals surface area contributed by atoms with Crippen LogP contribution >= 0.6 is 0 Å². The molecule has 0 aliphatic heterocycles. The Bertz CT molecular complexity index is 174. The van der Waals surface area contributed by atoms with Crippen molar-refractivity contribution in [3.63, 3.8) is 0 Å². The third kappa shape index (κ3) is 9.49. The molecule has 0 radical (unpaired) electrons. The fourth-order valence-corrected chi connectivity index (χ4v) is 1.19. The van der Waals surface area contributed by atoms with E-state index in [4.69, 9.17) is 0 Å². The van der Waals surface area contributed by atoms with Gasteiger partial charge in [0.2, 0.25) is 5.91 Å². The van der Waals surface area contributed by atoms with E-state index < -0.39 is 10.8 Å². The fourth-order valence-electron chi connectivity index (χ4n) is 0.801. The zero-order valence-corrected chi connectivity index (χ0v) is 9.08. The predicted octanol–water partition coefficient (Wildman–Crippen LogP) is -0.519. The summed E-state index contributed by atoms with van der Waals surface area (Å²) in [6.07, 6.45) is 2.12. The number of carbonyl (C=O) groups excluding carboxylic acids is 1. The van der Waals surface area contributed by atoms with Crippen molar-refractivity contribution in [3.8, 4) is 0 Å². The van der Waals surface area contributed by atoms with Crippen molar-refractivity contribution in [2.24, 2.45) is 0 Å². The molecule has 0 aromatic carbocycles. The molecule has 0 heterocycles. The highest BCUT2D eigenvalue weighted by atomic mass is 32.2. The molecule has 1 amide bonds. The van der Waals surface area contributed by atoms with Gasteiger partial charge in [0.15, 0.2) is 0 Å². The molecule has 1 unspecified atom stereocenters. The first-order valence-electron chi connectivity index (χ1n) is 4.44. The van der Waals surface area contributed by atoms with Gasteiger partial charge in [0.05, 0.1) is 0 Å². The van der Waals surface area contributed by atoms with Crippen molar-refractivity contribution >= 4 is 16.7 Å². The Morgan fingerprint density at radius 3 is 2.62 bits per heavy atom. The maximum absolute atomic E-state index is 11.0. The Hall–Kier alpha value is -0.420. The average Bonchev–Trinajstić information content (AvgIpc) is 2.04. The van der Waals surface area contributed by atoms with E-state index in [-0.39, 0.29) is 5.91 Å². The highest BCUT2D eigenvalue weighted by Crippen LogP contribution is 1.78. The van der Waals surface area contributed by atoms with Crippen LogP contribution in [0.15, 0.2) is 0 Å². The lowest BCUT2D eigenvalue weighted by Crippen LogP contribution is -2.30. The van der Waals surface area contributed by atoms with Crippen LogP contribution in [0.3, 0.4) is 0 Å². The second kappa shape index (κ2) is 8.19. The van der Waals surface area contributed by atoms with Crippen LogP contribution in [0.5, 0.6) is 0 Å². The minimum Gasteiger partial charge on any atom is -0.355 e. The Kier molecular flexibility index (Phi) is 7.93. The molecule has 78 valence electrons. The van der Waals surface area contributed by atoms with Crippen molar-refractivity contribution in [3.05, 3.63) is 0 Å². The highest BCUT2D eigenvalue weighted by Gasteiger charge is 1.99. The lowest BCUT2D eigenvalue weighted by atomic mass is 10.4. The van der Waals surface area contributed by atoms with Crippen LogP contribution in [0.1, 0.15) is 13.3 Å². The molecule has 0 saturated heterocycles. The number of rotatable bonds is 7. The molecule has 1 atom stereocenters. The molecule has 0 aromatic rings. The van der Waals surface area contributed by atoms with Crippen molar-refractivity contribution in [2.45, 2.75) is 13.3 Å². The SMILES string of the molecule is CCNCCC(=O)NCCS(C)=O. The van der Waals surface area contributed by atoms with E-state index >= 15 is 0 Å². The Morgan fingerprint density at radius 1 is 1.38 bits per heavy atom. The van der Waals surface area contributed by atoms with Crippen LogP contribution in [-0.2, 0) is 15.6 Å². The first kappa shape index (κ1) is 12.6. The van der Waals surface area contributed by atoms with E-state index in [2.05, 4.69) is 10.6 Å². The molecule has 0 saturated carbocycles. The molecular formula is C8H18N2O2S. The second-order valence-corrected chi connectivity index (χ2v) is 4.29. The van der Waals surface area contributed by atoms with E-state index in [9.17, 15) is 9.00 Å². The third-order valence-corrected chi connectivity index (χ3v) is 2.27. The van der Waals surface area contributed by atoms with E-state index in [1.165, 1.54) is 0 Å². The Labute approximate surface area is 81.9 Å². The van der Waals surface area contributed by atoms with E-state index in [0.29, 0.717) is 25.3 Å². The van der Waals surface area contributed by atoms with Gasteiger partial charge in [-0.05, 0) is 6.54 Å². The van der Waals surface area contributed by atoms with Gasteiger partial charge >= 0.3 is 0 Å². The molecule has 4 nitrogen and oxygen atoms in total. The monoisotopic (exact) mass is 206 g/mol. The summed E-state index contributed by atoms with van der Waals surface area (Å²) < 4.78 is 10.6. The zero-order valence-electron chi connectivity index (χ0n) is 8.26. The van der Waals surface area contributed by atoms with Crippen molar-refractivity contribution in [1.82, 2.24) is 10.6 Å². The first-order chi connectivity index (χ1) is 6.16. The summed E-state index contributed by atoms with van der Waals surface area (Å²) in [6, 6.07) is 0. The quantitative estimate of drug-likeness (QED) is 0.551. The third-order valence-electron chi connectivity index (χ3n) is 1.49. The molecule has 5 heteroatoms. The van der Waals surface area contributed by atoms with Crippen LogP contribution in [0.25, 0.3) is 0 Å². The van der Waals surface area contributed by atoms with Gasteiger partial charge in [0, 0.05) is 42.3 Å². The maximum Gasteiger partial charge on any atom is 0.221 e. The van der Waals surface area contributed by atoms with Gasteiger partial charge in [-0.1, -0.05) is 6.92 Å². The molecule has 0 spiro atoms. The lowest BCUT2D eigenvalue weighted by molar-refractivity contribution is -0.120. The minimum absolute atomic E-state index is 0.0198. The summed E-state index contributed by atoms with van der Waals surface area (Å²) in [5.74, 6) is 0.554. The molecule has 0 rings (SSSR count). The van der Waals surface area contributed by atoms with Crippen LogP contribution < -0.4 is 10.6 Å². The van der Waals surface area contributed by atoms with Gasteiger partial charge in [-0.3, -0.25) is 9.00 Å². The van der Waals surface area contributed by atoms with Crippen molar-refractivity contribution in [2.75, 3.05) is 31.6 Å². The average molecular weight is 206 g/mol. The number of nitrogens with one attached hydrogen (secondary N) is 2. The maximum atomic E-state index is 11.0. The van der Waals surface area contributed by atoms with Gasteiger partial charge < -0.3 is 10.6 Å². The number of amides is 1. The minimum atomic E-state index is -0.820. The summed E-state index contributed by atoms with van der Waals surface area (Å²) in [6.45, 7) is 4.09. The normalized spacial score (nSPS) is 12.5. The molecule has 0 aliphatic rings. The van der Waals surface area contributed by atoms with Crippen molar-refractivity contribution in [1.29, 1.82) is 0 Å². The first-order valence-corrected chi connectivity index (χ1v) is 6.17. The van der Waals surface area contributed by atoms with Gasteiger partial charge in [0.1, 0.15) is 0 Å². The standard InChI is InChI=1S/C8H18N2O2S/c1-3-9-5-4-8(11)10-6-7-13(2)12/h9H,3-7H2,1-2H3,(H,10,11). The smallest absolute Gasteiger partial charge is 0.221 e. The van der Waals surface area contributed by atoms with E-state index in [1.807, 2.05) is 6.92 Å². The van der Waals surface area contributed by atoms with E-state index in [1.54, 1.807) is 6.26 Å². The molecule has 0 fully saturated rings. The fraction of sp³-hybridized carbons (Fsp3) is 0.875. The number of hydrogen-bond donors (Lipinski definition) is 2. The summed E-state index contributed by atoms with van der Waals surface area (Å²) in [5.41, 5.74) is 0. The molecule has 0 bridgehead atoms. The van der Waals surface area contributed by atoms with E-state index in [0.717, 1.165) is 6.54 Å². The summed E-state index contributed by atoms with van der Waals surface area (Å²) in [4.78, 5) is 11.0. The van der Waals surface area contributed by atoms with Crippen LogP contribution in [-0.4, -0.2) is 41.8 Å². The predicted molar refractivity (Wildman–Crippen MR) is 55.1 cm³/mol. The van der Waals surface area contributed by atoms with Gasteiger partial charge in [0.25, 0.3) is 0 Å². The highest BCUT2D eigenvalue weighted by molar-refractivity contribution is 7.84. The van der Waals surface area contributed by atoms with Gasteiger partial charge in [-0.2, -0.15) is 0 Å². The molecule has 0 aliphatic carbocycles.